The third kappa shape index (κ3) is 2.55. The second kappa shape index (κ2) is 3.81. The zero-order valence-corrected chi connectivity index (χ0v) is 9.96. The number of aryl methyl sites for hydroxylation is 1. The van der Waals surface area contributed by atoms with E-state index in [2.05, 4.69) is 45.1 Å². The lowest BCUT2D eigenvalue weighted by Gasteiger charge is -2.29. The van der Waals surface area contributed by atoms with Crippen molar-refractivity contribution in [3.8, 4) is 0 Å². The fraction of sp³-hybridized carbons (Fsp3) is 0.636. The Morgan fingerprint density at radius 3 is 2.23 bits per heavy atom. The third-order valence-electron chi connectivity index (χ3n) is 2.20. The molecule has 1 rings (SSSR count). The molecule has 0 aliphatic heterocycles. The van der Waals surface area contributed by atoms with Crippen molar-refractivity contribution in [2.75, 3.05) is 7.05 Å². The lowest BCUT2D eigenvalue weighted by atomic mass is 9.86. The molecule has 0 saturated heterocycles. The summed E-state index contributed by atoms with van der Waals surface area (Å²) < 4.78 is 0. The van der Waals surface area contributed by atoms with Gasteiger partial charge in [-0.1, -0.05) is 20.8 Å². The number of nitrogens with one attached hydrogen (secondary N) is 1. The first-order valence-corrected chi connectivity index (χ1v) is 5.50. The van der Waals surface area contributed by atoms with E-state index >= 15 is 0 Å². The fourth-order valence-electron chi connectivity index (χ4n) is 1.61. The largest absolute Gasteiger partial charge is 0.312 e. The van der Waals surface area contributed by atoms with Crippen molar-refractivity contribution >= 4 is 11.3 Å². The highest BCUT2D eigenvalue weighted by molar-refractivity contribution is 7.12. The minimum atomic E-state index is 0.284. The first-order chi connectivity index (χ1) is 5.95. The summed E-state index contributed by atoms with van der Waals surface area (Å²) in [6.45, 7) is 8.96. The van der Waals surface area contributed by atoms with Crippen LogP contribution in [0.3, 0.4) is 0 Å². The zero-order valence-electron chi connectivity index (χ0n) is 9.14. The van der Waals surface area contributed by atoms with Gasteiger partial charge in [0.2, 0.25) is 0 Å². The van der Waals surface area contributed by atoms with Crippen LogP contribution in [0.2, 0.25) is 0 Å². The van der Waals surface area contributed by atoms with Crippen molar-refractivity contribution in [2.45, 2.75) is 33.7 Å². The van der Waals surface area contributed by atoms with Gasteiger partial charge >= 0.3 is 0 Å². The monoisotopic (exact) mass is 197 g/mol. The maximum Gasteiger partial charge on any atom is 0.0461 e. The van der Waals surface area contributed by atoms with Crippen LogP contribution in [0.1, 0.15) is 36.6 Å². The molecule has 1 nitrogen and oxygen atoms in total. The van der Waals surface area contributed by atoms with Crippen molar-refractivity contribution in [1.29, 1.82) is 0 Å². The van der Waals surface area contributed by atoms with Gasteiger partial charge in [0.25, 0.3) is 0 Å². The van der Waals surface area contributed by atoms with Crippen LogP contribution in [0.25, 0.3) is 0 Å². The highest BCUT2D eigenvalue weighted by atomic mass is 32.1. The molecule has 74 valence electrons. The first kappa shape index (κ1) is 10.7. The van der Waals surface area contributed by atoms with Gasteiger partial charge in [-0.15, -0.1) is 11.3 Å². The van der Waals surface area contributed by atoms with Gasteiger partial charge in [0.15, 0.2) is 0 Å². The molecule has 0 spiro atoms. The molecule has 1 heterocycles. The van der Waals surface area contributed by atoms with Crippen LogP contribution in [0.15, 0.2) is 12.1 Å². The second-order valence-corrected chi connectivity index (χ2v) is 5.86. The van der Waals surface area contributed by atoms with Crippen molar-refractivity contribution < 1.29 is 0 Å². The van der Waals surface area contributed by atoms with Crippen molar-refractivity contribution in [3.63, 3.8) is 0 Å². The number of thiophene rings is 1. The standard InChI is InChI=1S/C11H19NS/c1-8-6-7-9(13-8)10(12-5)11(2,3)4/h6-7,10,12H,1-5H3. The van der Waals surface area contributed by atoms with E-state index in [1.807, 2.05) is 18.4 Å². The normalized spacial score (nSPS) is 14.5. The predicted octanol–water partition coefficient (Wildman–Crippen LogP) is 3.36. The van der Waals surface area contributed by atoms with E-state index in [9.17, 15) is 0 Å². The Bertz CT molecular complexity index is 270. The summed E-state index contributed by atoms with van der Waals surface area (Å²) in [6, 6.07) is 4.88. The number of hydrogen-bond acceptors (Lipinski definition) is 2. The summed E-state index contributed by atoms with van der Waals surface area (Å²) in [6.07, 6.45) is 0. The van der Waals surface area contributed by atoms with Gasteiger partial charge in [0.05, 0.1) is 0 Å². The molecule has 0 aliphatic carbocycles. The van der Waals surface area contributed by atoms with E-state index in [0.29, 0.717) is 6.04 Å². The molecular formula is C11H19NS. The Morgan fingerprint density at radius 1 is 1.31 bits per heavy atom. The molecule has 1 aromatic rings. The van der Waals surface area contributed by atoms with Crippen molar-refractivity contribution in [3.05, 3.63) is 21.9 Å². The van der Waals surface area contributed by atoms with Crippen LogP contribution >= 0.6 is 11.3 Å². The van der Waals surface area contributed by atoms with Gasteiger partial charge in [-0.05, 0) is 31.5 Å². The molecule has 2 heteroatoms. The molecule has 0 bridgehead atoms. The average Bonchev–Trinajstić information content (AvgIpc) is 2.34. The van der Waals surface area contributed by atoms with Crippen LogP contribution in [0.4, 0.5) is 0 Å². The van der Waals surface area contributed by atoms with E-state index in [0.717, 1.165) is 0 Å². The topological polar surface area (TPSA) is 12.0 Å². The van der Waals surface area contributed by atoms with Gasteiger partial charge < -0.3 is 5.32 Å². The summed E-state index contributed by atoms with van der Waals surface area (Å²) in [5.41, 5.74) is 0.284. The lowest BCUT2D eigenvalue weighted by molar-refractivity contribution is 0.291. The number of rotatable bonds is 2. The Hall–Kier alpha value is -0.340. The summed E-state index contributed by atoms with van der Waals surface area (Å²) >= 11 is 1.88. The highest BCUT2D eigenvalue weighted by Crippen LogP contribution is 2.35. The summed E-state index contributed by atoms with van der Waals surface area (Å²) in [5, 5.41) is 3.38. The molecule has 0 aromatic carbocycles. The maximum atomic E-state index is 3.38. The van der Waals surface area contributed by atoms with E-state index < -0.39 is 0 Å². The molecule has 1 atom stereocenters. The van der Waals surface area contributed by atoms with Gasteiger partial charge in [0, 0.05) is 15.8 Å². The summed E-state index contributed by atoms with van der Waals surface area (Å²) in [4.78, 5) is 2.83. The molecular weight excluding hydrogens is 178 g/mol. The highest BCUT2D eigenvalue weighted by Gasteiger charge is 2.25. The molecule has 0 aliphatic rings. The Morgan fingerprint density at radius 2 is 1.92 bits per heavy atom. The van der Waals surface area contributed by atoms with Gasteiger partial charge in [0.1, 0.15) is 0 Å². The van der Waals surface area contributed by atoms with Crippen LogP contribution in [-0.2, 0) is 0 Å². The Balaban J connectivity index is 2.91. The smallest absolute Gasteiger partial charge is 0.0461 e. The maximum absolute atomic E-state index is 3.38. The van der Waals surface area contributed by atoms with Crippen LogP contribution in [0, 0.1) is 12.3 Å². The van der Waals surface area contributed by atoms with Crippen molar-refractivity contribution in [2.24, 2.45) is 5.41 Å². The van der Waals surface area contributed by atoms with E-state index in [1.54, 1.807) is 0 Å². The van der Waals surface area contributed by atoms with Gasteiger partial charge in [-0.3, -0.25) is 0 Å². The lowest BCUT2D eigenvalue weighted by Crippen LogP contribution is -2.28. The molecule has 1 aromatic heterocycles. The second-order valence-electron chi connectivity index (χ2n) is 4.54. The summed E-state index contributed by atoms with van der Waals surface area (Å²) in [7, 11) is 2.03. The summed E-state index contributed by atoms with van der Waals surface area (Å²) in [5.74, 6) is 0. The number of hydrogen-bond donors (Lipinski definition) is 1. The van der Waals surface area contributed by atoms with Crippen LogP contribution < -0.4 is 5.32 Å². The molecule has 13 heavy (non-hydrogen) atoms. The Labute approximate surface area is 85.2 Å². The van der Waals surface area contributed by atoms with E-state index in [-0.39, 0.29) is 5.41 Å². The minimum Gasteiger partial charge on any atom is -0.312 e. The van der Waals surface area contributed by atoms with Crippen molar-refractivity contribution in [1.82, 2.24) is 5.32 Å². The Kier molecular flexibility index (Phi) is 3.14. The van der Waals surface area contributed by atoms with Crippen LogP contribution in [0.5, 0.6) is 0 Å². The molecule has 0 fully saturated rings. The van der Waals surface area contributed by atoms with Gasteiger partial charge in [-0.2, -0.15) is 0 Å². The molecule has 0 amide bonds. The first-order valence-electron chi connectivity index (χ1n) is 4.68. The molecule has 1 unspecified atom stereocenters. The fourth-order valence-corrected chi connectivity index (χ4v) is 2.84. The minimum absolute atomic E-state index is 0.284. The van der Waals surface area contributed by atoms with Crippen LogP contribution in [-0.4, -0.2) is 7.05 Å². The molecule has 1 N–H and O–H groups in total. The van der Waals surface area contributed by atoms with Gasteiger partial charge in [-0.25, -0.2) is 0 Å². The third-order valence-corrected chi connectivity index (χ3v) is 3.27. The molecule has 0 saturated carbocycles. The van der Waals surface area contributed by atoms with E-state index in [4.69, 9.17) is 0 Å². The molecule has 0 radical (unpaired) electrons. The van der Waals surface area contributed by atoms with E-state index in [1.165, 1.54) is 9.75 Å². The zero-order chi connectivity index (χ0) is 10.1. The average molecular weight is 197 g/mol. The quantitative estimate of drug-likeness (QED) is 0.766. The predicted molar refractivity (Wildman–Crippen MR) is 60.3 cm³/mol. The SMILES string of the molecule is CNC(c1ccc(C)s1)C(C)(C)C.